The number of nitrogens with two attached hydrogens (primary N) is 1. The maximum absolute atomic E-state index is 5.78. The summed E-state index contributed by atoms with van der Waals surface area (Å²) < 4.78 is 5.02. The highest BCUT2D eigenvalue weighted by Crippen LogP contribution is 2.17. The minimum Gasteiger partial charge on any atom is -0.368 e. The van der Waals surface area contributed by atoms with Crippen LogP contribution in [0.15, 0.2) is 10.6 Å². The standard InChI is InChI=1S/C13H19N7O/c1-9-7-10(19-21-9)8-15-12-16-11(14)17-13(18-12)20-5-3-2-4-6-20/h7H,2-6,8H2,1H3,(H3,14,15,16,17,18). The molecule has 2 aromatic rings. The fourth-order valence-electron chi connectivity index (χ4n) is 2.37. The number of hydrogen-bond donors (Lipinski definition) is 2. The number of anilines is 3. The van der Waals surface area contributed by atoms with Gasteiger partial charge in [-0.1, -0.05) is 5.16 Å². The van der Waals surface area contributed by atoms with Crippen molar-refractivity contribution < 1.29 is 4.52 Å². The molecule has 0 unspecified atom stereocenters. The fourth-order valence-corrected chi connectivity index (χ4v) is 2.37. The van der Waals surface area contributed by atoms with E-state index in [0.717, 1.165) is 37.4 Å². The molecule has 0 saturated carbocycles. The van der Waals surface area contributed by atoms with E-state index in [9.17, 15) is 0 Å². The summed E-state index contributed by atoms with van der Waals surface area (Å²) in [4.78, 5) is 14.9. The van der Waals surface area contributed by atoms with Crippen molar-refractivity contribution >= 4 is 17.8 Å². The lowest BCUT2D eigenvalue weighted by Crippen LogP contribution is -2.31. The molecular weight excluding hydrogens is 270 g/mol. The highest BCUT2D eigenvalue weighted by Gasteiger charge is 2.15. The monoisotopic (exact) mass is 289 g/mol. The third kappa shape index (κ3) is 3.39. The molecule has 1 fully saturated rings. The number of nitrogen functional groups attached to an aromatic ring is 1. The third-order valence-corrected chi connectivity index (χ3v) is 3.38. The lowest BCUT2D eigenvalue weighted by Gasteiger charge is -2.26. The van der Waals surface area contributed by atoms with Crippen LogP contribution in [0.3, 0.4) is 0 Å². The van der Waals surface area contributed by atoms with Crippen LogP contribution in [0.1, 0.15) is 30.7 Å². The van der Waals surface area contributed by atoms with Gasteiger partial charge in [-0.3, -0.25) is 0 Å². The summed E-state index contributed by atoms with van der Waals surface area (Å²) >= 11 is 0. The number of hydrogen-bond acceptors (Lipinski definition) is 8. The average molecular weight is 289 g/mol. The largest absolute Gasteiger partial charge is 0.368 e. The first-order chi connectivity index (χ1) is 10.2. The summed E-state index contributed by atoms with van der Waals surface area (Å²) in [5.74, 6) is 2.10. The van der Waals surface area contributed by atoms with Crippen molar-refractivity contribution in [2.45, 2.75) is 32.7 Å². The van der Waals surface area contributed by atoms with Crippen molar-refractivity contribution in [2.75, 3.05) is 29.0 Å². The maximum atomic E-state index is 5.78. The molecule has 8 heteroatoms. The first-order valence-corrected chi connectivity index (χ1v) is 7.13. The third-order valence-electron chi connectivity index (χ3n) is 3.38. The van der Waals surface area contributed by atoms with Crippen LogP contribution in [0, 0.1) is 6.92 Å². The van der Waals surface area contributed by atoms with Crippen molar-refractivity contribution in [2.24, 2.45) is 0 Å². The first kappa shape index (κ1) is 13.6. The maximum Gasteiger partial charge on any atom is 0.231 e. The number of nitrogens with zero attached hydrogens (tertiary/aromatic N) is 5. The molecule has 0 amide bonds. The molecular formula is C13H19N7O. The lowest BCUT2D eigenvalue weighted by molar-refractivity contribution is 0.391. The van der Waals surface area contributed by atoms with E-state index in [1.165, 1.54) is 6.42 Å². The van der Waals surface area contributed by atoms with Gasteiger partial charge >= 0.3 is 0 Å². The molecule has 0 radical (unpaired) electrons. The van der Waals surface area contributed by atoms with Gasteiger partial charge in [0.05, 0.1) is 6.54 Å². The summed E-state index contributed by atoms with van der Waals surface area (Å²) in [7, 11) is 0. The molecule has 0 aromatic carbocycles. The van der Waals surface area contributed by atoms with E-state index < -0.39 is 0 Å². The molecule has 2 aromatic heterocycles. The van der Waals surface area contributed by atoms with Crippen LogP contribution in [0.2, 0.25) is 0 Å². The number of piperidine rings is 1. The Morgan fingerprint density at radius 3 is 2.76 bits per heavy atom. The van der Waals surface area contributed by atoms with Gasteiger partial charge in [0.25, 0.3) is 0 Å². The van der Waals surface area contributed by atoms with Gasteiger partial charge in [-0.15, -0.1) is 0 Å². The predicted octanol–water partition coefficient (Wildman–Crippen LogP) is 1.35. The van der Waals surface area contributed by atoms with Crippen LogP contribution >= 0.6 is 0 Å². The second-order valence-electron chi connectivity index (χ2n) is 5.15. The molecule has 1 aliphatic rings. The Morgan fingerprint density at radius 2 is 2.05 bits per heavy atom. The number of aryl methyl sites for hydroxylation is 1. The van der Waals surface area contributed by atoms with E-state index in [-0.39, 0.29) is 5.95 Å². The van der Waals surface area contributed by atoms with Crippen molar-refractivity contribution in [3.8, 4) is 0 Å². The van der Waals surface area contributed by atoms with Crippen molar-refractivity contribution in [3.63, 3.8) is 0 Å². The van der Waals surface area contributed by atoms with Gasteiger partial charge in [0.1, 0.15) is 11.5 Å². The molecule has 0 bridgehead atoms. The van der Waals surface area contributed by atoms with Crippen molar-refractivity contribution in [1.82, 2.24) is 20.1 Å². The quantitative estimate of drug-likeness (QED) is 0.868. The van der Waals surface area contributed by atoms with E-state index in [2.05, 4.69) is 30.3 Å². The smallest absolute Gasteiger partial charge is 0.231 e. The van der Waals surface area contributed by atoms with Crippen LogP contribution in [0.25, 0.3) is 0 Å². The van der Waals surface area contributed by atoms with Gasteiger partial charge in [0.15, 0.2) is 0 Å². The number of aromatic nitrogens is 4. The molecule has 112 valence electrons. The van der Waals surface area contributed by atoms with Crippen molar-refractivity contribution in [3.05, 3.63) is 17.5 Å². The Hall–Kier alpha value is -2.38. The van der Waals surface area contributed by atoms with E-state index in [1.807, 2.05) is 13.0 Å². The molecule has 0 spiro atoms. The fraction of sp³-hybridized carbons (Fsp3) is 0.538. The van der Waals surface area contributed by atoms with Crippen LogP contribution in [-0.4, -0.2) is 33.2 Å². The van der Waals surface area contributed by atoms with Crippen LogP contribution in [0.5, 0.6) is 0 Å². The van der Waals surface area contributed by atoms with Gasteiger partial charge in [0.2, 0.25) is 17.8 Å². The Labute approximate surface area is 122 Å². The average Bonchev–Trinajstić information content (AvgIpc) is 2.91. The minimum atomic E-state index is 0.226. The second kappa shape index (κ2) is 5.94. The van der Waals surface area contributed by atoms with E-state index in [4.69, 9.17) is 10.3 Å². The van der Waals surface area contributed by atoms with Crippen molar-refractivity contribution in [1.29, 1.82) is 0 Å². The Balaban J connectivity index is 1.71. The Bertz CT molecular complexity index is 606. The molecule has 3 N–H and O–H groups in total. The summed E-state index contributed by atoms with van der Waals surface area (Å²) in [6.45, 7) is 4.27. The second-order valence-corrected chi connectivity index (χ2v) is 5.15. The highest BCUT2D eigenvalue weighted by atomic mass is 16.5. The Morgan fingerprint density at radius 1 is 1.24 bits per heavy atom. The molecule has 8 nitrogen and oxygen atoms in total. The first-order valence-electron chi connectivity index (χ1n) is 7.13. The van der Waals surface area contributed by atoms with Gasteiger partial charge < -0.3 is 20.5 Å². The van der Waals surface area contributed by atoms with Gasteiger partial charge in [-0.2, -0.15) is 15.0 Å². The number of rotatable bonds is 4. The van der Waals surface area contributed by atoms with Gasteiger partial charge in [0, 0.05) is 19.2 Å². The van der Waals surface area contributed by atoms with Gasteiger partial charge in [-0.05, 0) is 26.2 Å². The van der Waals surface area contributed by atoms with E-state index in [1.54, 1.807) is 0 Å². The summed E-state index contributed by atoms with van der Waals surface area (Å²) in [6, 6.07) is 1.86. The predicted molar refractivity (Wildman–Crippen MR) is 78.9 cm³/mol. The molecule has 3 rings (SSSR count). The normalized spacial score (nSPS) is 15.2. The Kier molecular flexibility index (Phi) is 3.85. The van der Waals surface area contributed by atoms with Crippen LogP contribution in [0.4, 0.5) is 17.8 Å². The zero-order chi connectivity index (χ0) is 14.7. The zero-order valence-electron chi connectivity index (χ0n) is 12.0. The lowest BCUT2D eigenvalue weighted by atomic mass is 10.1. The highest BCUT2D eigenvalue weighted by molar-refractivity contribution is 5.42. The number of nitrogens with one attached hydrogen (secondary N) is 1. The molecule has 1 saturated heterocycles. The van der Waals surface area contributed by atoms with Gasteiger partial charge in [-0.25, -0.2) is 0 Å². The summed E-state index contributed by atoms with van der Waals surface area (Å²) in [5, 5.41) is 7.02. The molecule has 0 atom stereocenters. The SMILES string of the molecule is Cc1cc(CNc2nc(N)nc(N3CCCCC3)n2)no1. The summed E-state index contributed by atoms with van der Waals surface area (Å²) in [6.07, 6.45) is 3.58. The molecule has 21 heavy (non-hydrogen) atoms. The van der Waals surface area contributed by atoms with Crippen LogP contribution in [-0.2, 0) is 6.54 Å². The minimum absolute atomic E-state index is 0.226. The molecule has 1 aliphatic heterocycles. The topological polar surface area (TPSA) is 106 Å². The van der Waals surface area contributed by atoms with E-state index in [0.29, 0.717) is 18.4 Å². The van der Waals surface area contributed by atoms with Crippen LogP contribution < -0.4 is 16.0 Å². The molecule has 0 aliphatic carbocycles. The zero-order valence-corrected chi connectivity index (χ0v) is 12.0. The molecule has 3 heterocycles. The van der Waals surface area contributed by atoms with E-state index >= 15 is 0 Å². The summed E-state index contributed by atoms with van der Waals surface area (Å²) in [5.41, 5.74) is 6.57.